The average molecular weight is 250 g/mol. The molecule has 18 heavy (non-hydrogen) atoms. The van der Waals surface area contributed by atoms with E-state index < -0.39 is 0 Å². The van der Waals surface area contributed by atoms with Crippen molar-refractivity contribution < 1.29 is 0 Å². The summed E-state index contributed by atoms with van der Waals surface area (Å²) in [6, 6.07) is 0.634. The number of rotatable bonds is 6. The lowest BCUT2D eigenvalue weighted by Crippen LogP contribution is -2.24. The topological polar surface area (TPSA) is 33.1 Å². The molecule has 2 rings (SSSR count). The van der Waals surface area contributed by atoms with E-state index in [-0.39, 0.29) is 0 Å². The van der Waals surface area contributed by atoms with E-state index in [0.717, 1.165) is 31.3 Å². The van der Waals surface area contributed by atoms with Gasteiger partial charge in [0, 0.05) is 25.3 Å². The van der Waals surface area contributed by atoms with Crippen molar-refractivity contribution in [2.75, 3.05) is 25.5 Å². The summed E-state index contributed by atoms with van der Waals surface area (Å²) in [7, 11) is 2.16. The zero-order chi connectivity index (χ0) is 13.0. The summed E-state index contributed by atoms with van der Waals surface area (Å²) in [6.07, 6.45) is 7.45. The molecule has 0 bridgehead atoms. The van der Waals surface area contributed by atoms with Gasteiger partial charge in [0.25, 0.3) is 0 Å². The molecule has 0 aromatic carbocycles. The molecule has 102 valence electrons. The Labute approximate surface area is 110 Å². The highest BCUT2D eigenvalue weighted by Crippen LogP contribution is 2.22. The Kier molecular flexibility index (Phi) is 4.64. The Hall–Kier alpha value is -1.03. The van der Waals surface area contributed by atoms with Crippen LogP contribution in [0.2, 0.25) is 0 Å². The molecule has 0 unspecified atom stereocenters. The molecular weight excluding hydrogens is 224 g/mol. The van der Waals surface area contributed by atoms with E-state index in [0.29, 0.717) is 6.04 Å². The molecule has 0 amide bonds. The van der Waals surface area contributed by atoms with Crippen LogP contribution in [-0.4, -0.2) is 40.6 Å². The number of aromatic nitrogens is 2. The molecule has 0 saturated heterocycles. The van der Waals surface area contributed by atoms with Gasteiger partial charge in [0.1, 0.15) is 0 Å². The van der Waals surface area contributed by atoms with Gasteiger partial charge < -0.3 is 14.8 Å². The molecule has 1 aromatic heterocycles. The number of likely N-dealkylation sites (N-methyl/N-ethyl adjacent to an activating group) is 1. The van der Waals surface area contributed by atoms with Gasteiger partial charge in [-0.3, -0.25) is 0 Å². The molecule has 0 atom stereocenters. The Morgan fingerprint density at radius 1 is 1.44 bits per heavy atom. The van der Waals surface area contributed by atoms with Crippen LogP contribution in [0.25, 0.3) is 0 Å². The summed E-state index contributed by atoms with van der Waals surface area (Å²) in [5.74, 6) is 1.06. The van der Waals surface area contributed by atoms with E-state index in [1.165, 1.54) is 25.7 Å². The first-order chi connectivity index (χ1) is 8.69. The lowest BCUT2D eigenvalue weighted by atomic mass is 10.2. The maximum atomic E-state index is 4.61. The quantitative estimate of drug-likeness (QED) is 0.842. The van der Waals surface area contributed by atoms with Crippen LogP contribution in [0.4, 0.5) is 5.95 Å². The SMILES string of the molecule is CCN(C)CCn1cc(C)nc1NC1CCCC1. The number of imidazole rings is 1. The molecule has 4 heteroatoms. The number of anilines is 1. The van der Waals surface area contributed by atoms with E-state index in [4.69, 9.17) is 0 Å². The Bertz CT molecular complexity index is 366. The van der Waals surface area contributed by atoms with Gasteiger partial charge in [0.15, 0.2) is 0 Å². The van der Waals surface area contributed by atoms with Crippen LogP contribution < -0.4 is 5.32 Å². The van der Waals surface area contributed by atoms with Gasteiger partial charge in [-0.1, -0.05) is 19.8 Å². The van der Waals surface area contributed by atoms with Gasteiger partial charge >= 0.3 is 0 Å². The predicted molar refractivity (Wildman–Crippen MR) is 76.0 cm³/mol. The molecule has 1 aromatic rings. The molecule has 0 radical (unpaired) electrons. The number of hydrogen-bond donors (Lipinski definition) is 1. The number of aryl methyl sites for hydroxylation is 1. The van der Waals surface area contributed by atoms with Crippen LogP contribution in [0.5, 0.6) is 0 Å². The van der Waals surface area contributed by atoms with Crippen molar-refractivity contribution in [3.8, 4) is 0 Å². The minimum Gasteiger partial charge on any atom is -0.353 e. The minimum atomic E-state index is 0.634. The number of nitrogens with one attached hydrogen (secondary N) is 1. The molecule has 1 aliphatic carbocycles. The van der Waals surface area contributed by atoms with Gasteiger partial charge in [-0.15, -0.1) is 0 Å². The maximum Gasteiger partial charge on any atom is 0.203 e. The van der Waals surface area contributed by atoms with Crippen LogP contribution in [0.15, 0.2) is 6.20 Å². The highest BCUT2D eigenvalue weighted by molar-refractivity contribution is 5.30. The summed E-state index contributed by atoms with van der Waals surface area (Å²) in [5, 5.41) is 3.61. The van der Waals surface area contributed by atoms with Gasteiger partial charge in [0.05, 0.1) is 5.69 Å². The van der Waals surface area contributed by atoms with Crippen LogP contribution in [-0.2, 0) is 6.54 Å². The van der Waals surface area contributed by atoms with Crippen LogP contribution in [0, 0.1) is 6.92 Å². The van der Waals surface area contributed by atoms with Crippen molar-refractivity contribution in [1.29, 1.82) is 0 Å². The molecule has 0 spiro atoms. The fraction of sp³-hybridized carbons (Fsp3) is 0.786. The second-order valence-electron chi connectivity index (χ2n) is 5.42. The summed E-state index contributed by atoms with van der Waals surface area (Å²) in [5.41, 5.74) is 1.11. The van der Waals surface area contributed by atoms with Crippen LogP contribution in [0.1, 0.15) is 38.3 Å². The first kappa shape index (κ1) is 13.4. The second-order valence-corrected chi connectivity index (χ2v) is 5.42. The molecule has 0 aliphatic heterocycles. The predicted octanol–water partition coefficient (Wildman–Crippen LogP) is 2.50. The van der Waals surface area contributed by atoms with Crippen molar-refractivity contribution in [3.63, 3.8) is 0 Å². The molecular formula is C14H26N4. The molecule has 1 N–H and O–H groups in total. The zero-order valence-electron chi connectivity index (χ0n) is 11.9. The number of hydrogen-bond acceptors (Lipinski definition) is 3. The summed E-state index contributed by atoms with van der Waals surface area (Å²) < 4.78 is 2.26. The van der Waals surface area contributed by atoms with Crippen molar-refractivity contribution in [2.24, 2.45) is 0 Å². The van der Waals surface area contributed by atoms with Crippen molar-refractivity contribution in [2.45, 2.75) is 52.1 Å². The molecule has 1 saturated carbocycles. The minimum absolute atomic E-state index is 0.634. The zero-order valence-corrected chi connectivity index (χ0v) is 11.9. The van der Waals surface area contributed by atoms with Crippen LogP contribution >= 0.6 is 0 Å². The van der Waals surface area contributed by atoms with Crippen molar-refractivity contribution >= 4 is 5.95 Å². The fourth-order valence-electron chi connectivity index (χ4n) is 2.52. The highest BCUT2D eigenvalue weighted by atomic mass is 15.2. The highest BCUT2D eigenvalue weighted by Gasteiger charge is 2.17. The first-order valence-electron chi connectivity index (χ1n) is 7.18. The number of nitrogens with zero attached hydrogens (tertiary/aromatic N) is 3. The second kappa shape index (κ2) is 6.23. The Balaban J connectivity index is 1.95. The molecule has 1 fully saturated rings. The van der Waals surface area contributed by atoms with E-state index in [9.17, 15) is 0 Å². The summed E-state index contributed by atoms with van der Waals surface area (Å²) in [4.78, 5) is 6.94. The van der Waals surface area contributed by atoms with E-state index in [1.54, 1.807) is 0 Å². The van der Waals surface area contributed by atoms with Gasteiger partial charge in [-0.2, -0.15) is 0 Å². The lowest BCUT2D eigenvalue weighted by Gasteiger charge is -2.17. The van der Waals surface area contributed by atoms with Gasteiger partial charge in [0.2, 0.25) is 5.95 Å². The summed E-state index contributed by atoms with van der Waals surface area (Å²) in [6.45, 7) is 7.45. The van der Waals surface area contributed by atoms with E-state index >= 15 is 0 Å². The van der Waals surface area contributed by atoms with E-state index in [2.05, 4.69) is 46.9 Å². The smallest absolute Gasteiger partial charge is 0.203 e. The third-order valence-electron chi connectivity index (χ3n) is 3.85. The average Bonchev–Trinajstić information content (AvgIpc) is 2.97. The van der Waals surface area contributed by atoms with Crippen molar-refractivity contribution in [3.05, 3.63) is 11.9 Å². The monoisotopic (exact) mass is 250 g/mol. The maximum absolute atomic E-state index is 4.61. The molecule has 4 nitrogen and oxygen atoms in total. The Morgan fingerprint density at radius 3 is 2.83 bits per heavy atom. The third kappa shape index (κ3) is 3.48. The van der Waals surface area contributed by atoms with Gasteiger partial charge in [-0.25, -0.2) is 4.98 Å². The van der Waals surface area contributed by atoms with Crippen LogP contribution in [0.3, 0.4) is 0 Å². The fourth-order valence-corrected chi connectivity index (χ4v) is 2.52. The first-order valence-corrected chi connectivity index (χ1v) is 7.18. The molecule has 1 heterocycles. The summed E-state index contributed by atoms with van der Waals surface area (Å²) >= 11 is 0. The lowest BCUT2D eigenvalue weighted by molar-refractivity contribution is 0.336. The third-order valence-corrected chi connectivity index (χ3v) is 3.85. The molecule has 1 aliphatic rings. The Morgan fingerprint density at radius 2 is 2.17 bits per heavy atom. The van der Waals surface area contributed by atoms with Crippen molar-refractivity contribution in [1.82, 2.24) is 14.5 Å². The van der Waals surface area contributed by atoms with E-state index in [1.807, 2.05) is 0 Å². The normalized spacial score (nSPS) is 16.7. The van der Waals surface area contributed by atoms with Gasteiger partial charge in [-0.05, 0) is 33.4 Å². The standard InChI is InChI=1S/C14H26N4/c1-4-17(3)9-10-18-11-12(2)15-14(18)16-13-7-5-6-8-13/h11,13H,4-10H2,1-3H3,(H,15,16). The largest absolute Gasteiger partial charge is 0.353 e.